The van der Waals surface area contributed by atoms with Crippen molar-refractivity contribution in [3.05, 3.63) is 84.7 Å². The third-order valence-electron chi connectivity index (χ3n) is 9.31. The molecule has 6 heterocycles. The smallest absolute Gasteiger partial charge is 0.441 e. The van der Waals surface area contributed by atoms with Crippen LogP contribution in [0.25, 0.3) is 22.3 Å². The van der Waals surface area contributed by atoms with Crippen LogP contribution in [-0.2, 0) is 32.7 Å². The Morgan fingerprint density at radius 1 is 0.742 bits per heavy atom. The summed E-state index contributed by atoms with van der Waals surface area (Å²) in [6, 6.07) is 15.5. The second kappa shape index (κ2) is 17.9. The number of cyclic esters (lactones) is 2. The van der Waals surface area contributed by atoms with Crippen LogP contribution in [0, 0.1) is 11.6 Å². The van der Waals surface area contributed by atoms with E-state index in [4.69, 9.17) is 24.4 Å². The zero-order chi connectivity index (χ0) is 44.3. The van der Waals surface area contributed by atoms with Crippen LogP contribution in [0.5, 0.6) is 0 Å². The largest absolute Gasteiger partial charge is 0.469 e. The first-order chi connectivity index (χ1) is 29.6. The maximum absolute atomic E-state index is 14.9. The highest BCUT2D eigenvalue weighted by Crippen LogP contribution is 2.37. The standard InChI is InChI=1S/C18H19FN7O6P.C18H18FN7O3/c1-24(17-21-23-25(2)22-17)16-6-3-11(8-20-16)14-5-4-12(7-15(14)19)26-9-13(32-18(26)27)10-31-33(28,29)30;1-24(17-21-23-25(2)22-17)16-6-3-11(8-20-16)14-5-4-12(7-15(14)19)26-9-13(10-27)29-18(26)28/h3-8,13H,9-10H2,1-2H3,(H2,28,29,30);3-8,13,27H,9-10H2,1-2H3/t2*13-/m11/s1. The molecular weight excluding hydrogens is 841 g/mol. The lowest BCUT2D eigenvalue weighted by Crippen LogP contribution is -2.25. The Bertz CT molecular complexity index is 2610. The molecule has 0 saturated carbocycles. The van der Waals surface area contributed by atoms with Gasteiger partial charge >= 0.3 is 20.0 Å². The van der Waals surface area contributed by atoms with Gasteiger partial charge in [-0.1, -0.05) is 10.2 Å². The summed E-state index contributed by atoms with van der Waals surface area (Å²) in [7, 11) is 2.09. The van der Waals surface area contributed by atoms with Crippen LogP contribution in [-0.4, -0.2) is 130 Å². The number of aryl methyl sites for hydroxylation is 2. The number of rotatable bonds is 12. The fourth-order valence-corrected chi connectivity index (χ4v) is 6.51. The van der Waals surface area contributed by atoms with E-state index in [1.165, 1.54) is 45.0 Å². The molecule has 324 valence electrons. The fourth-order valence-electron chi connectivity index (χ4n) is 6.15. The minimum Gasteiger partial charge on any atom is -0.441 e. The summed E-state index contributed by atoms with van der Waals surface area (Å²) in [5.74, 6) is 0.771. The van der Waals surface area contributed by atoms with Gasteiger partial charge in [-0.25, -0.2) is 32.9 Å². The Labute approximate surface area is 349 Å². The Kier molecular flexibility index (Phi) is 12.4. The molecule has 23 nitrogen and oxygen atoms in total. The van der Waals surface area contributed by atoms with Gasteiger partial charge in [0.2, 0.25) is 0 Å². The monoisotopic (exact) mass is 878 g/mol. The molecular formula is C36H37F2N14O9P. The number of benzene rings is 2. The number of aromatic nitrogens is 10. The number of phosphoric ester groups is 1. The van der Waals surface area contributed by atoms with E-state index in [-0.39, 0.29) is 30.9 Å². The Balaban J connectivity index is 0.000000188. The minimum absolute atomic E-state index is 0.0450. The molecule has 0 unspecified atom stereocenters. The highest BCUT2D eigenvalue weighted by atomic mass is 31.2. The van der Waals surface area contributed by atoms with Crippen molar-refractivity contribution in [2.75, 3.05) is 60.0 Å². The van der Waals surface area contributed by atoms with Crippen molar-refractivity contribution in [2.45, 2.75) is 12.2 Å². The fraction of sp³-hybridized carbons (Fsp3) is 0.278. The molecule has 0 spiro atoms. The number of anilines is 6. The first-order valence-corrected chi connectivity index (χ1v) is 19.8. The number of hydrogen-bond acceptors (Lipinski definition) is 17. The molecule has 62 heavy (non-hydrogen) atoms. The molecule has 26 heteroatoms. The quantitative estimate of drug-likeness (QED) is 0.149. The number of ether oxygens (including phenoxy) is 2. The Hall–Kier alpha value is -7.05. The van der Waals surface area contributed by atoms with Gasteiger partial charge in [-0.3, -0.25) is 24.1 Å². The molecule has 2 atom stereocenters. The van der Waals surface area contributed by atoms with Crippen molar-refractivity contribution in [1.82, 2.24) is 50.4 Å². The van der Waals surface area contributed by atoms with Gasteiger partial charge in [0.05, 0.1) is 51.8 Å². The SMILES string of the molecule is CN(c1ccc(-c2ccc(N3C[C@H](CO)OC3=O)cc2F)cn1)c1nnn(C)n1.CN(c1ccc(-c2ccc(N3C[C@H](COP(=O)(O)O)OC3=O)cc2F)cn1)c1nnn(C)n1. The zero-order valence-corrected chi connectivity index (χ0v) is 34.1. The van der Waals surface area contributed by atoms with E-state index in [0.717, 1.165) is 4.90 Å². The normalized spacial score (nSPS) is 16.2. The average molecular weight is 879 g/mol. The van der Waals surface area contributed by atoms with Crippen molar-refractivity contribution in [2.24, 2.45) is 14.1 Å². The van der Waals surface area contributed by atoms with Crippen LogP contribution in [0.4, 0.5) is 53.3 Å². The summed E-state index contributed by atoms with van der Waals surface area (Å²) in [5, 5.41) is 32.7. The van der Waals surface area contributed by atoms with Crippen LogP contribution in [0.1, 0.15) is 0 Å². The van der Waals surface area contributed by atoms with Crippen LogP contribution in [0.3, 0.4) is 0 Å². The molecule has 2 amide bonds. The second-order valence-electron chi connectivity index (χ2n) is 13.6. The molecule has 2 aliphatic rings. The molecule has 2 fully saturated rings. The molecule has 8 rings (SSSR count). The van der Waals surface area contributed by atoms with Crippen LogP contribution < -0.4 is 19.6 Å². The van der Waals surface area contributed by atoms with E-state index in [1.54, 1.807) is 80.6 Å². The number of tetrazole rings is 2. The molecule has 0 bridgehead atoms. The lowest BCUT2D eigenvalue weighted by molar-refractivity contribution is 0.0880. The molecule has 3 N–H and O–H groups in total. The highest BCUT2D eigenvalue weighted by Gasteiger charge is 2.35. The summed E-state index contributed by atoms with van der Waals surface area (Å²) in [6.07, 6.45) is 0.163. The van der Waals surface area contributed by atoms with Crippen molar-refractivity contribution in [3.8, 4) is 22.3 Å². The number of halogens is 2. The number of nitrogens with zero attached hydrogens (tertiary/aromatic N) is 14. The van der Waals surface area contributed by atoms with Gasteiger partial charge in [-0.05, 0) is 71.1 Å². The molecule has 2 aliphatic heterocycles. The number of hydrogen-bond donors (Lipinski definition) is 3. The second-order valence-corrected chi connectivity index (χ2v) is 14.9. The van der Waals surface area contributed by atoms with Gasteiger partial charge in [-0.2, -0.15) is 9.59 Å². The van der Waals surface area contributed by atoms with Gasteiger partial charge in [-0.15, -0.1) is 10.2 Å². The van der Waals surface area contributed by atoms with E-state index in [2.05, 4.69) is 45.3 Å². The average Bonchev–Trinajstić information content (AvgIpc) is 4.07. The topological polar surface area (TPSA) is 266 Å². The number of amides is 2. The molecule has 4 aromatic heterocycles. The maximum atomic E-state index is 14.9. The highest BCUT2D eigenvalue weighted by molar-refractivity contribution is 7.46. The summed E-state index contributed by atoms with van der Waals surface area (Å²) < 4.78 is 54.8. The number of phosphoric acid groups is 1. The molecule has 6 aromatic rings. The number of carbonyl (C=O) groups is 2. The third kappa shape index (κ3) is 9.77. The minimum atomic E-state index is -4.69. The van der Waals surface area contributed by atoms with Crippen molar-refractivity contribution >= 4 is 54.9 Å². The first-order valence-electron chi connectivity index (χ1n) is 18.3. The van der Waals surface area contributed by atoms with E-state index in [1.807, 2.05) is 0 Å². The van der Waals surface area contributed by atoms with Crippen LogP contribution >= 0.6 is 7.82 Å². The Morgan fingerprint density at radius 2 is 1.19 bits per heavy atom. The lowest BCUT2D eigenvalue weighted by Gasteiger charge is -2.15. The molecule has 2 aromatic carbocycles. The first kappa shape index (κ1) is 43.1. The predicted molar refractivity (Wildman–Crippen MR) is 213 cm³/mol. The van der Waals surface area contributed by atoms with Crippen molar-refractivity contribution in [3.63, 3.8) is 0 Å². The zero-order valence-electron chi connectivity index (χ0n) is 33.2. The van der Waals surface area contributed by atoms with Crippen molar-refractivity contribution < 1.29 is 51.8 Å². The summed E-state index contributed by atoms with van der Waals surface area (Å²) in [6.45, 7) is -0.632. The number of pyridine rings is 2. The molecule has 0 radical (unpaired) electrons. The van der Waals surface area contributed by atoms with E-state index < -0.39 is 50.5 Å². The number of carbonyl (C=O) groups excluding carboxylic acids is 2. The van der Waals surface area contributed by atoms with E-state index in [0.29, 0.717) is 45.9 Å². The number of aliphatic hydroxyl groups is 1. The summed E-state index contributed by atoms with van der Waals surface area (Å²) in [4.78, 5) is 58.6. The summed E-state index contributed by atoms with van der Waals surface area (Å²) in [5.41, 5.74) is 2.31. The molecule has 0 aliphatic carbocycles. The van der Waals surface area contributed by atoms with Gasteiger partial charge in [0.25, 0.3) is 11.9 Å². The van der Waals surface area contributed by atoms with E-state index in [9.17, 15) is 22.9 Å². The summed E-state index contributed by atoms with van der Waals surface area (Å²) >= 11 is 0. The van der Waals surface area contributed by atoms with Gasteiger partial charge in [0.15, 0.2) is 0 Å². The van der Waals surface area contributed by atoms with Gasteiger partial charge in [0, 0.05) is 48.7 Å². The van der Waals surface area contributed by atoms with E-state index >= 15 is 0 Å². The van der Waals surface area contributed by atoms with Crippen LogP contribution in [0.15, 0.2) is 73.1 Å². The lowest BCUT2D eigenvalue weighted by atomic mass is 10.1. The predicted octanol–water partition coefficient (Wildman–Crippen LogP) is 3.11. The van der Waals surface area contributed by atoms with Crippen LogP contribution in [0.2, 0.25) is 0 Å². The van der Waals surface area contributed by atoms with Gasteiger partial charge in [0.1, 0.15) is 35.5 Å². The Morgan fingerprint density at radius 3 is 1.55 bits per heavy atom. The number of aliphatic hydroxyl groups excluding tert-OH is 1. The maximum Gasteiger partial charge on any atom is 0.469 e. The molecule has 2 saturated heterocycles. The van der Waals surface area contributed by atoms with Gasteiger partial charge < -0.3 is 24.4 Å². The third-order valence-corrected chi connectivity index (χ3v) is 9.80. The van der Waals surface area contributed by atoms with Crippen molar-refractivity contribution in [1.29, 1.82) is 0 Å².